The van der Waals surface area contributed by atoms with Crippen LogP contribution in [-0.4, -0.2) is 13.7 Å². The van der Waals surface area contributed by atoms with Gasteiger partial charge in [0.2, 0.25) is 0 Å². The second-order valence-electron chi connectivity index (χ2n) is 4.64. The van der Waals surface area contributed by atoms with Crippen LogP contribution in [0.1, 0.15) is 26.7 Å². The first-order chi connectivity index (χ1) is 5.20. The third kappa shape index (κ3) is 1.01. The molecule has 11 heavy (non-hydrogen) atoms. The highest BCUT2D eigenvalue weighted by Crippen LogP contribution is 2.76. The Labute approximate surface area is 69.1 Å². The van der Waals surface area contributed by atoms with E-state index in [9.17, 15) is 0 Å². The fourth-order valence-electron chi connectivity index (χ4n) is 2.78. The van der Waals surface area contributed by atoms with Crippen molar-refractivity contribution in [3.8, 4) is 0 Å². The molecule has 0 bridgehead atoms. The van der Waals surface area contributed by atoms with E-state index in [-0.39, 0.29) is 0 Å². The van der Waals surface area contributed by atoms with E-state index < -0.39 is 0 Å². The molecule has 0 aliphatic heterocycles. The van der Waals surface area contributed by atoms with Gasteiger partial charge in [0.05, 0.1) is 0 Å². The number of ether oxygens (including phenoxy) is 1. The fraction of sp³-hybridized carbons (Fsp3) is 1.00. The van der Waals surface area contributed by atoms with Crippen LogP contribution < -0.4 is 0 Å². The van der Waals surface area contributed by atoms with Gasteiger partial charge in [-0.3, -0.25) is 0 Å². The predicted octanol–water partition coefficient (Wildman–Crippen LogP) is 2.32. The molecule has 0 saturated heterocycles. The molecule has 0 heterocycles. The third-order valence-electron chi connectivity index (χ3n) is 3.63. The van der Waals surface area contributed by atoms with E-state index in [0.717, 1.165) is 29.8 Å². The maximum Gasteiger partial charge on any atom is 0.0496 e. The molecule has 0 aromatic rings. The Kier molecular flexibility index (Phi) is 1.54. The number of methoxy groups -OCH3 is 1. The third-order valence-corrected chi connectivity index (χ3v) is 3.63. The lowest BCUT2D eigenvalue weighted by Gasteiger charge is -2.01. The van der Waals surface area contributed by atoms with Crippen LogP contribution in [0.5, 0.6) is 0 Å². The van der Waals surface area contributed by atoms with Crippen LogP contribution in [0.2, 0.25) is 0 Å². The maximum atomic E-state index is 5.17. The quantitative estimate of drug-likeness (QED) is 0.606. The van der Waals surface area contributed by atoms with Gasteiger partial charge in [0, 0.05) is 13.7 Å². The minimum Gasteiger partial charge on any atom is -0.384 e. The van der Waals surface area contributed by atoms with Gasteiger partial charge in [-0.2, -0.15) is 0 Å². The van der Waals surface area contributed by atoms with Crippen LogP contribution in [0.4, 0.5) is 0 Å². The molecular weight excluding hydrogens is 136 g/mol. The van der Waals surface area contributed by atoms with Crippen LogP contribution in [0, 0.1) is 23.2 Å². The summed E-state index contributed by atoms with van der Waals surface area (Å²) in [4.78, 5) is 0. The molecule has 2 rings (SSSR count). The Morgan fingerprint density at radius 3 is 2.64 bits per heavy atom. The summed E-state index contributed by atoms with van der Waals surface area (Å²) < 4.78 is 5.17. The lowest BCUT2D eigenvalue weighted by Crippen LogP contribution is -1.98. The second kappa shape index (κ2) is 2.22. The van der Waals surface area contributed by atoms with Crippen molar-refractivity contribution in [2.24, 2.45) is 23.2 Å². The van der Waals surface area contributed by atoms with Crippen LogP contribution >= 0.6 is 0 Å². The summed E-state index contributed by atoms with van der Waals surface area (Å²) in [5, 5.41) is 0. The van der Waals surface area contributed by atoms with Crippen molar-refractivity contribution >= 4 is 0 Å². The lowest BCUT2D eigenvalue weighted by atomic mass is 10.1. The van der Waals surface area contributed by atoms with Gasteiger partial charge < -0.3 is 4.74 Å². The Hall–Kier alpha value is -0.0400. The van der Waals surface area contributed by atoms with E-state index in [4.69, 9.17) is 4.74 Å². The molecule has 2 aliphatic rings. The van der Waals surface area contributed by atoms with E-state index in [2.05, 4.69) is 13.8 Å². The summed E-state index contributed by atoms with van der Waals surface area (Å²) >= 11 is 0. The van der Waals surface area contributed by atoms with Crippen molar-refractivity contribution in [2.75, 3.05) is 13.7 Å². The highest BCUT2D eigenvalue weighted by Gasteiger charge is 2.70. The molecule has 2 fully saturated rings. The van der Waals surface area contributed by atoms with Crippen molar-refractivity contribution < 1.29 is 4.74 Å². The molecule has 0 N–H and O–H groups in total. The lowest BCUT2D eigenvalue weighted by molar-refractivity contribution is 0.177. The molecule has 1 spiro atoms. The Balaban J connectivity index is 1.83. The van der Waals surface area contributed by atoms with E-state index in [1.54, 1.807) is 0 Å². The summed E-state index contributed by atoms with van der Waals surface area (Å²) in [6.07, 6.45) is 2.93. The Morgan fingerprint density at radius 1 is 1.45 bits per heavy atom. The van der Waals surface area contributed by atoms with Gasteiger partial charge in [-0.15, -0.1) is 0 Å². The highest BCUT2D eigenvalue weighted by molar-refractivity contribution is 5.18. The zero-order valence-corrected chi connectivity index (χ0v) is 7.76. The molecule has 0 aromatic heterocycles. The van der Waals surface area contributed by atoms with Gasteiger partial charge in [0.1, 0.15) is 0 Å². The van der Waals surface area contributed by atoms with Gasteiger partial charge in [-0.1, -0.05) is 13.8 Å². The molecule has 1 heteroatoms. The standard InChI is InChI=1S/C10H18O/c1-7(2)9-5-10(9)4-8(10)6-11-3/h7-9H,4-6H2,1-3H3. The van der Waals surface area contributed by atoms with Gasteiger partial charge in [0.25, 0.3) is 0 Å². The number of hydrogen-bond donors (Lipinski definition) is 0. The summed E-state index contributed by atoms with van der Waals surface area (Å²) in [7, 11) is 1.82. The van der Waals surface area contributed by atoms with E-state index in [1.807, 2.05) is 7.11 Å². The van der Waals surface area contributed by atoms with Crippen LogP contribution in [0.25, 0.3) is 0 Å². The maximum absolute atomic E-state index is 5.17. The first kappa shape index (κ1) is 7.60. The molecular formula is C10H18O. The molecule has 2 aliphatic carbocycles. The normalized spacial score (nSPS) is 46.9. The summed E-state index contributed by atoms with van der Waals surface area (Å²) in [6.45, 7) is 5.70. The molecule has 2 saturated carbocycles. The van der Waals surface area contributed by atoms with Crippen LogP contribution in [-0.2, 0) is 4.74 Å². The zero-order chi connectivity index (χ0) is 8.06. The molecule has 3 unspecified atom stereocenters. The van der Waals surface area contributed by atoms with E-state index in [0.29, 0.717) is 0 Å². The first-order valence-corrected chi connectivity index (χ1v) is 4.69. The van der Waals surface area contributed by atoms with E-state index in [1.165, 1.54) is 12.8 Å². The van der Waals surface area contributed by atoms with Gasteiger partial charge in [-0.05, 0) is 36.0 Å². The predicted molar refractivity (Wildman–Crippen MR) is 45.4 cm³/mol. The van der Waals surface area contributed by atoms with E-state index >= 15 is 0 Å². The molecule has 64 valence electrons. The minimum absolute atomic E-state index is 0.782. The molecule has 0 radical (unpaired) electrons. The van der Waals surface area contributed by atoms with Crippen molar-refractivity contribution in [2.45, 2.75) is 26.7 Å². The SMILES string of the molecule is COCC1CC12CC2C(C)C. The van der Waals surface area contributed by atoms with Crippen LogP contribution in [0.15, 0.2) is 0 Å². The first-order valence-electron chi connectivity index (χ1n) is 4.69. The highest BCUT2D eigenvalue weighted by atomic mass is 16.5. The Bertz CT molecular complexity index is 164. The topological polar surface area (TPSA) is 9.23 Å². The second-order valence-corrected chi connectivity index (χ2v) is 4.64. The average Bonchev–Trinajstić information content (AvgIpc) is 2.77. The monoisotopic (exact) mass is 154 g/mol. The molecule has 3 atom stereocenters. The number of hydrogen-bond acceptors (Lipinski definition) is 1. The summed E-state index contributed by atoms with van der Waals surface area (Å²) in [6, 6.07) is 0. The smallest absolute Gasteiger partial charge is 0.0496 e. The van der Waals surface area contributed by atoms with Gasteiger partial charge >= 0.3 is 0 Å². The van der Waals surface area contributed by atoms with Crippen molar-refractivity contribution in [3.63, 3.8) is 0 Å². The van der Waals surface area contributed by atoms with Crippen molar-refractivity contribution in [3.05, 3.63) is 0 Å². The summed E-state index contributed by atoms with van der Waals surface area (Å²) in [5.74, 6) is 2.85. The average molecular weight is 154 g/mol. The zero-order valence-electron chi connectivity index (χ0n) is 7.76. The van der Waals surface area contributed by atoms with Crippen molar-refractivity contribution in [1.29, 1.82) is 0 Å². The largest absolute Gasteiger partial charge is 0.384 e. The molecule has 0 aromatic carbocycles. The number of rotatable bonds is 3. The summed E-state index contributed by atoms with van der Waals surface area (Å²) in [5.41, 5.74) is 0.782. The van der Waals surface area contributed by atoms with Gasteiger partial charge in [0.15, 0.2) is 0 Å². The van der Waals surface area contributed by atoms with Gasteiger partial charge in [-0.25, -0.2) is 0 Å². The minimum atomic E-state index is 0.782. The van der Waals surface area contributed by atoms with Crippen LogP contribution in [0.3, 0.4) is 0 Å². The van der Waals surface area contributed by atoms with Crippen molar-refractivity contribution in [1.82, 2.24) is 0 Å². The fourth-order valence-corrected chi connectivity index (χ4v) is 2.78. The Morgan fingerprint density at radius 2 is 2.18 bits per heavy atom. The molecule has 0 amide bonds. The molecule has 1 nitrogen and oxygen atoms in total.